The lowest BCUT2D eigenvalue weighted by molar-refractivity contribution is -0.164. The molecule has 6 atom stereocenters. The van der Waals surface area contributed by atoms with Crippen LogP contribution in [0.5, 0.6) is 5.75 Å². The molecule has 2 heterocycles. The molecule has 8 nitrogen and oxygen atoms in total. The molecule has 0 radical (unpaired) electrons. The van der Waals surface area contributed by atoms with E-state index in [0.717, 1.165) is 24.3 Å². The second-order valence-corrected chi connectivity index (χ2v) is 12.0. The van der Waals surface area contributed by atoms with Gasteiger partial charge in [-0.25, -0.2) is 8.42 Å². The van der Waals surface area contributed by atoms with E-state index in [2.05, 4.69) is 0 Å². The van der Waals surface area contributed by atoms with E-state index in [4.69, 9.17) is 14.2 Å². The highest BCUT2D eigenvalue weighted by Gasteiger charge is 2.70. The molecule has 35 heavy (non-hydrogen) atoms. The zero-order valence-corrected chi connectivity index (χ0v) is 19.2. The highest BCUT2D eigenvalue weighted by atomic mass is 32.2. The fourth-order valence-electron chi connectivity index (χ4n) is 5.94. The van der Waals surface area contributed by atoms with Gasteiger partial charge in [0, 0.05) is 18.3 Å². The Labute approximate surface area is 199 Å². The zero-order chi connectivity index (χ0) is 25.1. The quantitative estimate of drug-likeness (QED) is 0.434. The Kier molecular flexibility index (Phi) is 5.84. The van der Waals surface area contributed by atoms with E-state index in [1.54, 1.807) is 0 Å². The van der Waals surface area contributed by atoms with E-state index in [1.807, 2.05) is 0 Å². The molecule has 2 aliphatic carbocycles. The van der Waals surface area contributed by atoms with Crippen molar-refractivity contribution in [2.24, 2.45) is 29.6 Å². The smallest absolute Gasteiger partial charge is 0.416 e. The minimum absolute atomic E-state index is 0.0266. The molecule has 2 saturated carbocycles. The monoisotopic (exact) mass is 516 g/mol. The minimum Gasteiger partial charge on any atom is -0.458 e. The van der Waals surface area contributed by atoms with Crippen molar-refractivity contribution in [1.82, 2.24) is 0 Å². The highest BCUT2D eigenvalue weighted by molar-refractivity contribution is 7.91. The number of carbonyl (C=O) groups excluding carboxylic acids is 3. The Balaban J connectivity index is 1.25. The maximum Gasteiger partial charge on any atom is 0.416 e. The Morgan fingerprint density at radius 1 is 1.06 bits per heavy atom. The summed E-state index contributed by atoms with van der Waals surface area (Å²) in [5.74, 6) is -4.56. The third kappa shape index (κ3) is 4.52. The number of esters is 3. The first-order chi connectivity index (χ1) is 16.4. The fourth-order valence-corrected chi connectivity index (χ4v) is 7.53. The summed E-state index contributed by atoms with van der Waals surface area (Å²) >= 11 is 0. The van der Waals surface area contributed by atoms with Gasteiger partial charge in [0.1, 0.15) is 27.8 Å². The number of rotatable bonds is 5. The van der Waals surface area contributed by atoms with Gasteiger partial charge in [-0.2, -0.15) is 13.2 Å². The first kappa shape index (κ1) is 24.1. The molecule has 0 aromatic heterocycles. The van der Waals surface area contributed by atoms with Crippen LogP contribution in [-0.2, 0) is 39.9 Å². The molecule has 1 aromatic carbocycles. The van der Waals surface area contributed by atoms with Gasteiger partial charge < -0.3 is 14.2 Å². The SMILES string of the molecule is O=C(CC1CCS(=O)(=O)CC1)OC1C2CC3C1OC(=O)C3C2C(=O)Oc1ccc(C(F)(F)F)cc1. The Hall–Kier alpha value is -2.63. The first-order valence-electron chi connectivity index (χ1n) is 11.4. The molecule has 2 bridgehead atoms. The summed E-state index contributed by atoms with van der Waals surface area (Å²) in [6, 6.07) is 3.66. The minimum atomic E-state index is -4.53. The molecule has 6 unspecified atom stereocenters. The van der Waals surface area contributed by atoms with E-state index in [1.165, 1.54) is 0 Å². The van der Waals surface area contributed by atoms with Crippen molar-refractivity contribution < 1.29 is 50.2 Å². The van der Waals surface area contributed by atoms with Gasteiger partial charge in [0.2, 0.25) is 0 Å². The standard InChI is InChI=1S/C23H23F3O8S/c24-23(25,26)12-1-3-13(4-2-12)32-21(28)17-14-10-15-18(17)22(29)34-20(15)19(14)33-16(27)9-11-5-7-35(30,31)8-6-11/h1-4,11,14-15,17-20H,5-10H2. The van der Waals surface area contributed by atoms with Crippen molar-refractivity contribution in [2.75, 3.05) is 11.5 Å². The molecule has 4 fully saturated rings. The van der Waals surface area contributed by atoms with Gasteiger partial charge in [-0.15, -0.1) is 0 Å². The Morgan fingerprint density at radius 3 is 2.34 bits per heavy atom. The molecular weight excluding hydrogens is 493 g/mol. The van der Waals surface area contributed by atoms with Crippen LogP contribution in [0.2, 0.25) is 0 Å². The number of hydrogen-bond acceptors (Lipinski definition) is 8. The van der Waals surface area contributed by atoms with Crippen LogP contribution in [0.25, 0.3) is 0 Å². The number of ether oxygens (including phenoxy) is 3. The molecule has 2 saturated heterocycles. The van der Waals surface area contributed by atoms with Gasteiger partial charge in [0.25, 0.3) is 0 Å². The molecule has 0 spiro atoms. The molecule has 1 aromatic rings. The average Bonchev–Trinajstić information content (AvgIpc) is 3.39. The van der Waals surface area contributed by atoms with Crippen LogP contribution in [0.4, 0.5) is 13.2 Å². The van der Waals surface area contributed by atoms with Crippen molar-refractivity contribution in [2.45, 2.75) is 44.1 Å². The van der Waals surface area contributed by atoms with Crippen molar-refractivity contribution in [1.29, 1.82) is 0 Å². The molecule has 12 heteroatoms. The van der Waals surface area contributed by atoms with Crippen LogP contribution in [0.1, 0.15) is 31.2 Å². The number of hydrogen-bond donors (Lipinski definition) is 0. The van der Waals surface area contributed by atoms with Gasteiger partial charge in [-0.1, -0.05) is 0 Å². The van der Waals surface area contributed by atoms with Crippen LogP contribution in [0.15, 0.2) is 24.3 Å². The summed E-state index contributed by atoms with van der Waals surface area (Å²) in [4.78, 5) is 38.1. The predicted molar refractivity (Wildman–Crippen MR) is 111 cm³/mol. The number of sulfone groups is 1. The van der Waals surface area contributed by atoms with Crippen molar-refractivity contribution >= 4 is 27.7 Å². The van der Waals surface area contributed by atoms with Gasteiger partial charge >= 0.3 is 24.1 Å². The van der Waals surface area contributed by atoms with Crippen LogP contribution in [0.3, 0.4) is 0 Å². The fraction of sp³-hybridized carbons (Fsp3) is 0.609. The van der Waals surface area contributed by atoms with Crippen molar-refractivity contribution in [3.05, 3.63) is 29.8 Å². The molecule has 2 aliphatic heterocycles. The summed E-state index contributed by atoms with van der Waals surface area (Å²) in [5.41, 5.74) is -0.887. The Bertz CT molecular complexity index is 1130. The number of carbonyl (C=O) groups is 3. The summed E-state index contributed by atoms with van der Waals surface area (Å²) in [7, 11) is -3.06. The lowest BCUT2D eigenvalue weighted by Crippen LogP contribution is -2.44. The second kappa shape index (κ2) is 8.49. The van der Waals surface area contributed by atoms with Gasteiger partial charge in [0.05, 0.1) is 28.9 Å². The van der Waals surface area contributed by atoms with Crippen LogP contribution in [0, 0.1) is 29.6 Å². The number of benzene rings is 1. The van der Waals surface area contributed by atoms with E-state index >= 15 is 0 Å². The lowest BCUT2D eigenvalue weighted by Gasteiger charge is -2.30. The second-order valence-electron chi connectivity index (χ2n) is 9.71. The number of halogens is 3. The Morgan fingerprint density at radius 2 is 1.71 bits per heavy atom. The molecule has 190 valence electrons. The average molecular weight is 516 g/mol. The molecule has 0 N–H and O–H groups in total. The van der Waals surface area contributed by atoms with Crippen LogP contribution >= 0.6 is 0 Å². The predicted octanol–water partition coefficient (Wildman–Crippen LogP) is 2.55. The third-order valence-corrected chi connectivity index (χ3v) is 9.33. The summed E-state index contributed by atoms with van der Waals surface area (Å²) < 4.78 is 77.9. The largest absolute Gasteiger partial charge is 0.458 e. The van der Waals surface area contributed by atoms with Crippen LogP contribution < -0.4 is 4.74 Å². The maximum atomic E-state index is 13.0. The lowest BCUT2D eigenvalue weighted by atomic mass is 9.78. The maximum absolute atomic E-state index is 13.0. The van der Waals surface area contributed by atoms with E-state index in [0.29, 0.717) is 19.3 Å². The van der Waals surface area contributed by atoms with Gasteiger partial charge in [0.15, 0.2) is 0 Å². The van der Waals surface area contributed by atoms with Crippen LogP contribution in [-0.4, -0.2) is 50.0 Å². The topological polar surface area (TPSA) is 113 Å². The number of alkyl halides is 3. The van der Waals surface area contributed by atoms with E-state index in [9.17, 15) is 36.0 Å². The summed E-state index contributed by atoms with van der Waals surface area (Å²) in [6.07, 6.45) is -4.80. The third-order valence-electron chi connectivity index (χ3n) is 7.62. The normalized spacial score (nSPS) is 33.4. The van der Waals surface area contributed by atoms with Crippen molar-refractivity contribution in [3.8, 4) is 5.75 Å². The van der Waals surface area contributed by atoms with Crippen molar-refractivity contribution in [3.63, 3.8) is 0 Å². The highest BCUT2D eigenvalue weighted by Crippen LogP contribution is 2.59. The van der Waals surface area contributed by atoms with Gasteiger partial charge in [-0.05, 0) is 49.4 Å². The number of fused-ring (bicyclic) bond motifs is 1. The molecular formula is C23H23F3O8S. The zero-order valence-electron chi connectivity index (χ0n) is 18.4. The molecule has 4 aliphatic rings. The first-order valence-corrected chi connectivity index (χ1v) is 13.2. The summed E-state index contributed by atoms with van der Waals surface area (Å²) in [5, 5.41) is 0. The van der Waals surface area contributed by atoms with E-state index in [-0.39, 0.29) is 35.5 Å². The molecule has 5 rings (SSSR count). The summed E-state index contributed by atoms with van der Waals surface area (Å²) in [6.45, 7) is 0. The molecule has 0 amide bonds. The van der Waals surface area contributed by atoms with Gasteiger partial charge in [-0.3, -0.25) is 14.4 Å². The van der Waals surface area contributed by atoms with E-state index < -0.39 is 69.4 Å².